The summed E-state index contributed by atoms with van der Waals surface area (Å²) in [6.07, 6.45) is 1.53. The summed E-state index contributed by atoms with van der Waals surface area (Å²) in [6, 6.07) is 9.95. The van der Waals surface area contributed by atoms with E-state index in [0.717, 1.165) is 22.5 Å². The number of hydrogen-bond donors (Lipinski definition) is 1. The molecule has 3 rings (SSSR count). The molecule has 0 saturated carbocycles. The highest BCUT2D eigenvalue weighted by Crippen LogP contribution is 2.30. The van der Waals surface area contributed by atoms with Crippen molar-refractivity contribution in [1.82, 2.24) is 15.3 Å². The van der Waals surface area contributed by atoms with Crippen LogP contribution in [0.15, 0.2) is 42.0 Å². The molecule has 0 spiro atoms. The van der Waals surface area contributed by atoms with Crippen LogP contribution >= 0.6 is 11.3 Å². The van der Waals surface area contributed by atoms with Crippen LogP contribution in [0.1, 0.15) is 5.56 Å². The summed E-state index contributed by atoms with van der Waals surface area (Å²) in [6.45, 7) is 0.815. The van der Waals surface area contributed by atoms with Gasteiger partial charge in [0.25, 0.3) is 0 Å². The van der Waals surface area contributed by atoms with Crippen LogP contribution in [0.4, 0.5) is 0 Å². The van der Waals surface area contributed by atoms with Crippen molar-refractivity contribution in [2.45, 2.75) is 6.54 Å². The minimum atomic E-state index is 0.613. The topological polar surface area (TPSA) is 47.0 Å². The van der Waals surface area contributed by atoms with E-state index in [1.807, 2.05) is 36.7 Å². The van der Waals surface area contributed by atoms with Gasteiger partial charge in [0.1, 0.15) is 16.8 Å². The number of benzene rings is 1. The fourth-order valence-corrected chi connectivity index (χ4v) is 2.64. The Balaban J connectivity index is 1.92. The fourth-order valence-electron chi connectivity index (χ4n) is 1.87. The summed E-state index contributed by atoms with van der Waals surface area (Å²) >= 11 is 1.59. The van der Waals surface area contributed by atoms with Crippen LogP contribution in [0.3, 0.4) is 0 Å². The second-order valence-corrected chi connectivity index (χ2v) is 5.01. The molecule has 2 heterocycles. The zero-order valence-corrected chi connectivity index (χ0v) is 11.3. The standard InChI is InChI=1S/C14H13N3OS/c1-15-8-10-3-2-4-11(7-10)18-14-13-12(5-6-19-13)16-9-17-14/h2-7,9,15H,8H2,1H3. The molecule has 0 aliphatic heterocycles. The van der Waals surface area contributed by atoms with Crippen LogP contribution in [0.25, 0.3) is 10.2 Å². The van der Waals surface area contributed by atoms with E-state index < -0.39 is 0 Å². The third-order valence-electron chi connectivity index (χ3n) is 2.70. The Kier molecular flexibility index (Phi) is 3.39. The summed E-state index contributed by atoms with van der Waals surface area (Å²) in [7, 11) is 1.92. The average Bonchev–Trinajstić information content (AvgIpc) is 2.89. The number of fused-ring (bicyclic) bond motifs is 1. The number of nitrogens with one attached hydrogen (secondary N) is 1. The van der Waals surface area contributed by atoms with Crippen LogP contribution in [-0.4, -0.2) is 17.0 Å². The van der Waals surface area contributed by atoms with Crippen molar-refractivity contribution in [2.24, 2.45) is 0 Å². The molecule has 2 aromatic heterocycles. The SMILES string of the molecule is CNCc1cccc(Oc2ncnc3ccsc23)c1. The van der Waals surface area contributed by atoms with Crippen molar-refractivity contribution in [1.29, 1.82) is 0 Å². The molecule has 1 N–H and O–H groups in total. The van der Waals surface area contributed by atoms with Gasteiger partial charge in [0.15, 0.2) is 0 Å². The van der Waals surface area contributed by atoms with Gasteiger partial charge in [-0.2, -0.15) is 0 Å². The highest BCUT2D eigenvalue weighted by atomic mass is 32.1. The predicted octanol–water partition coefficient (Wildman–Crippen LogP) is 3.20. The molecular formula is C14H13N3OS. The Hall–Kier alpha value is -1.98. The van der Waals surface area contributed by atoms with Gasteiger partial charge in [-0.1, -0.05) is 12.1 Å². The van der Waals surface area contributed by atoms with E-state index in [4.69, 9.17) is 4.74 Å². The first-order valence-electron chi connectivity index (χ1n) is 5.96. The maximum atomic E-state index is 5.87. The summed E-state index contributed by atoms with van der Waals surface area (Å²) in [5.74, 6) is 1.41. The molecule has 19 heavy (non-hydrogen) atoms. The summed E-state index contributed by atoms with van der Waals surface area (Å²) in [4.78, 5) is 8.41. The molecule has 4 nitrogen and oxygen atoms in total. The van der Waals surface area contributed by atoms with E-state index in [1.165, 1.54) is 11.9 Å². The average molecular weight is 271 g/mol. The van der Waals surface area contributed by atoms with Gasteiger partial charge in [0, 0.05) is 6.54 Å². The van der Waals surface area contributed by atoms with Gasteiger partial charge in [-0.3, -0.25) is 0 Å². The largest absolute Gasteiger partial charge is 0.437 e. The van der Waals surface area contributed by atoms with Crippen molar-refractivity contribution in [3.05, 3.63) is 47.6 Å². The molecule has 0 atom stereocenters. The quantitative estimate of drug-likeness (QED) is 0.791. The third kappa shape index (κ3) is 2.57. The molecule has 0 unspecified atom stereocenters. The monoisotopic (exact) mass is 271 g/mol. The predicted molar refractivity (Wildman–Crippen MR) is 76.7 cm³/mol. The first kappa shape index (κ1) is 12.1. The van der Waals surface area contributed by atoms with E-state index in [9.17, 15) is 0 Å². The number of ether oxygens (including phenoxy) is 1. The van der Waals surface area contributed by atoms with Crippen molar-refractivity contribution < 1.29 is 4.74 Å². The molecule has 3 aromatic rings. The molecule has 0 saturated heterocycles. The highest BCUT2D eigenvalue weighted by Gasteiger charge is 2.07. The molecule has 5 heteroatoms. The van der Waals surface area contributed by atoms with Gasteiger partial charge in [-0.15, -0.1) is 11.3 Å². The molecule has 0 aliphatic rings. The van der Waals surface area contributed by atoms with E-state index in [0.29, 0.717) is 5.88 Å². The lowest BCUT2D eigenvalue weighted by atomic mass is 10.2. The fraction of sp³-hybridized carbons (Fsp3) is 0.143. The number of aromatic nitrogens is 2. The van der Waals surface area contributed by atoms with Crippen molar-refractivity contribution >= 4 is 21.6 Å². The molecule has 0 bridgehead atoms. The van der Waals surface area contributed by atoms with Gasteiger partial charge in [-0.25, -0.2) is 9.97 Å². The van der Waals surface area contributed by atoms with Gasteiger partial charge >= 0.3 is 0 Å². The van der Waals surface area contributed by atoms with Crippen molar-refractivity contribution in [2.75, 3.05) is 7.05 Å². The van der Waals surface area contributed by atoms with Crippen LogP contribution in [0.5, 0.6) is 11.6 Å². The number of hydrogen-bond acceptors (Lipinski definition) is 5. The Morgan fingerprint density at radius 2 is 2.21 bits per heavy atom. The van der Waals surface area contributed by atoms with Crippen molar-refractivity contribution in [3.8, 4) is 11.6 Å². The molecule has 0 amide bonds. The summed E-state index contributed by atoms with van der Waals surface area (Å²) < 4.78 is 6.84. The zero-order valence-electron chi connectivity index (χ0n) is 10.5. The minimum Gasteiger partial charge on any atom is -0.437 e. The molecule has 96 valence electrons. The normalized spacial score (nSPS) is 10.8. The molecule has 0 radical (unpaired) electrons. The van der Waals surface area contributed by atoms with Crippen LogP contribution < -0.4 is 10.1 Å². The highest BCUT2D eigenvalue weighted by molar-refractivity contribution is 7.17. The van der Waals surface area contributed by atoms with Gasteiger partial charge in [0.2, 0.25) is 5.88 Å². The lowest BCUT2D eigenvalue weighted by Crippen LogP contribution is -2.04. The molecule has 0 aliphatic carbocycles. The summed E-state index contributed by atoms with van der Waals surface area (Å²) in [5.41, 5.74) is 2.10. The lowest BCUT2D eigenvalue weighted by Gasteiger charge is -2.07. The lowest BCUT2D eigenvalue weighted by molar-refractivity contribution is 0.468. The van der Waals surface area contributed by atoms with E-state index >= 15 is 0 Å². The number of rotatable bonds is 4. The third-order valence-corrected chi connectivity index (χ3v) is 3.60. The second kappa shape index (κ2) is 5.34. The molecule has 0 fully saturated rings. The Morgan fingerprint density at radius 3 is 3.11 bits per heavy atom. The zero-order chi connectivity index (χ0) is 13.1. The first-order chi connectivity index (χ1) is 9.36. The van der Waals surface area contributed by atoms with E-state index in [-0.39, 0.29) is 0 Å². The van der Waals surface area contributed by atoms with Gasteiger partial charge in [-0.05, 0) is 36.2 Å². The maximum Gasteiger partial charge on any atom is 0.240 e. The molecule has 1 aromatic carbocycles. The maximum absolute atomic E-state index is 5.87. The molecular weight excluding hydrogens is 258 g/mol. The van der Waals surface area contributed by atoms with Crippen molar-refractivity contribution in [3.63, 3.8) is 0 Å². The van der Waals surface area contributed by atoms with Crippen LogP contribution in [-0.2, 0) is 6.54 Å². The van der Waals surface area contributed by atoms with Gasteiger partial charge in [0.05, 0.1) is 5.52 Å². The van der Waals surface area contributed by atoms with Crippen LogP contribution in [0, 0.1) is 0 Å². The smallest absolute Gasteiger partial charge is 0.240 e. The van der Waals surface area contributed by atoms with Gasteiger partial charge < -0.3 is 10.1 Å². The number of nitrogens with zero attached hydrogens (tertiary/aromatic N) is 2. The Bertz CT molecular complexity index is 696. The minimum absolute atomic E-state index is 0.613. The Labute approximate surface area is 115 Å². The summed E-state index contributed by atoms with van der Waals surface area (Å²) in [5, 5.41) is 5.11. The van der Waals surface area contributed by atoms with E-state index in [1.54, 1.807) is 11.3 Å². The van der Waals surface area contributed by atoms with E-state index in [2.05, 4.69) is 21.4 Å². The Morgan fingerprint density at radius 1 is 1.26 bits per heavy atom. The van der Waals surface area contributed by atoms with Crippen LogP contribution in [0.2, 0.25) is 0 Å². The second-order valence-electron chi connectivity index (χ2n) is 4.09. The first-order valence-corrected chi connectivity index (χ1v) is 6.84. The number of thiophene rings is 1.